The molecule has 0 aliphatic carbocycles. The normalized spacial score (nSPS) is 26.3. The number of ether oxygens (including phenoxy) is 2. The SMILES string of the molecule is C[C@H]1O[C@@H](C(C)(C)C)OC(=O)[C@H]1C=C=C(C(C)(C)C)C(C)(C)C. The minimum atomic E-state index is -0.497. The number of cyclic esters (lactones) is 1. The first-order valence-corrected chi connectivity index (χ1v) is 8.48. The molecule has 1 heterocycles. The fourth-order valence-corrected chi connectivity index (χ4v) is 3.00. The van der Waals surface area contributed by atoms with Crippen LogP contribution < -0.4 is 0 Å². The van der Waals surface area contributed by atoms with Gasteiger partial charge in [-0.2, -0.15) is 0 Å². The van der Waals surface area contributed by atoms with E-state index in [0.29, 0.717) is 0 Å². The summed E-state index contributed by atoms with van der Waals surface area (Å²) in [4.78, 5) is 12.4. The van der Waals surface area contributed by atoms with Gasteiger partial charge in [-0.25, -0.2) is 0 Å². The number of carbonyl (C=O) groups is 1. The number of hydrogen-bond donors (Lipinski definition) is 0. The monoisotopic (exact) mass is 322 g/mol. The van der Waals surface area contributed by atoms with Gasteiger partial charge in [0.15, 0.2) is 0 Å². The van der Waals surface area contributed by atoms with E-state index < -0.39 is 12.2 Å². The molecule has 1 rings (SSSR count). The quantitative estimate of drug-likeness (QED) is 0.497. The van der Waals surface area contributed by atoms with Crippen molar-refractivity contribution in [2.75, 3.05) is 0 Å². The van der Waals surface area contributed by atoms with E-state index in [9.17, 15) is 4.79 Å². The van der Waals surface area contributed by atoms with Crippen LogP contribution in [0.1, 0.15) is 69.2 Å². The summed E-state index contributed by atoms with van der Waals surface area (Å²) >= 11 is 0. The summed E-state index contributed by atoms with van der Waals surface area (Å²) in [6, 6.07) is 0. The molecule has 0 aromatic rings. The molecular formula is C20H34O3. The Morgan fingerprint density at radius 1 is 1.00 bits per heavy atom. The molecule has 0 saturated carbocycles. The maximum Gasteiger partial charge on any atom is 0.318 e. The molecule has 1 aliphatic heterocycles. The maximum atomic E-state index is 12.4. The fourth-order valence-electron chi connectivity index (χ4n) is 3.00. The molecule has 3 nitrogen and oxygen atoms in total. The van der Waals surface area contributed by atoms with Gasteiger partial charge in [-0.05, 0) is 29.4 Å². The second kappa shape index (κ2) is 6.45. The highest BCUT2D eigenvalue weighted by Crippen LogP contribution is 2.39. The van der Waals surface area contributed by atoms with E-state index in [1.54, 1.807) is 0 Å². The summed E-state index contributed by atoms with van der Waals surface area (Å²) in [6.07, 6.45) is 1.12. The Bertz CT molecular complexity index is 486. The zero-order valence-electron chi connectivity index (χ0n) is 16.5. The molecule has 0 unspecified atom stereocenters. The van der Waals surface area contributed by atoms with E-state index in [2.05, 4.69) is 47.3 Å². The third kappa shape index (κ3) is 5.22. The Balaban J connectivity index is 3.13. The Labute approximate surface area is 142 Å². The van der Waals surface area contributed by atoms with Crippen molar-refractivity contribution in [2.45, 2.75) is 81.6 Å². The molecule has 0 N–H and O–H groups in total. The van der Waals surface area contributed by atoms with Gasteiger partial charge in [0.2, 0.25) is 6.29 Å². The van der Waals surface area contributed by atoms with Crippen LogP contribution in [0.2, 0.25) is 0 Å². The topological polar surface area (TPSA) is 35.5 Å². The van der Waals surface area contributed by atoms with Crippen LogP contribution in [0.5, 0.6) is 0 Å². The number of hydrogen-bond acceptors (Lipinski definition) is 3. The van der Waals surface area contributed by atoms with Gasteiger partial charge in [-0.3, -0.25) is 4.79 Å². The van der Waals surface area contributed by atoms with Crippen LogP contribution in [0, 0.1) is 22.2 Å². The van der Waals surface area contributed by atoms with Crippen molar-refractivity contribution in [3.63, 3.8) is 0 Å². The standard InChI is InChI=1S/C20H34O3/c1-13-14(16(21)23-17(22-13)20(8,9)10)11-12-15(18(2,3)4)19(5,6)7/h11,13-14,17H,1-10H3/t13-,14+,17-/m1/s1. The van der Waals surface area contributed by atoms with Gasteiger partial charge in [0, 0.05) is 5.41 Å². The van der Waals surface area contributed by atoms with Crippen LogP contribution >= 0.6 is 0 Å². The molecule has 1 aliphatic rings. The van der Waals surface area contributed by atoms with Crippen LogP contribution in [-0.4, -0.2) is 18.4 Å². The minimum Gasteiger partial charge on any atom is -0.435 e. The van der Waals surface area contributed by atoms with E-state index in [-0.39, 0.29) is 28.3 Å². The van der Waals surface area contributed by atoms with Gasteiger partial charge in [-0.15, -0.1) is 5.73 Å². The van der Waals surface area contributed by atoms with Crippen LogP contribution in [0.4, 0.5) is 0 Å². The molecule has 0 amide bonds. The second-order valence-electron chi connectivity index (χ2n) is 9.69. The molecule has 132 valence electrons. The van der Waals surface area contributed by atoms with Crippen molar-refractivity contribution in [3.8, 4) is 0 Å². The van der Waals surface area contributed by atoms with Crippen LogP contribution in [-0.2, 0) is 14.3 Å². The van der Waals surface area contributed by atoms with Crippen molar-refractivity contribution < 1.29 is 14.3 Å². The summed E-state index contributed by atoms with van der Waals surface area (Å²) in [6.45, 7) is 21.0. The predicted molar refractivity (Wildman–Crippen MR) is 93.9 cm³/mol. The Hall–Kier alpha value is -1.05. The third-order valence-electron chi connectivity index (χ3n) is 3.95. The molecule has 3 atom stereocenters. The van der Waals surface area contributed by atoms with Crippen molar-refractivity contribution in [2.24, 2.45) is 22.2 Å². The van der Waals surface area contributed by atoms with Crippen molar-refractivity contribution in [1.82, 2.24) is 0 Å². The minimum absolute atomic E-state index is 0.00857. The van der Waals surface area contributed by atoms with Crippen LogP contribution in [0.25, 0.3) is 0 Å². The highest BCUT2D eigenvalue weighted by molar-refractivity contribution is 5.75. The highest BCUT2D eigenvalue weighted by atomic mass is 16.7. The smallest absolute Gasteiger partial charge is 0.318 e. The Morgan fingerprint density at radius 2 is 1.48 bits per heavy atom. The molecule has 1 saturated heterocycles. The molecule has 0 aromatic heterocycles. The highest BCUT2D eigenvalue weighted by Gasteiger charge is 2.40. The van der Waals surface area contributed by atoms with Crippen molar-refractivity contribution in [1.29, 1.82) is 0 Å². The first-order valence-electron chi connectivity index (χ1n) is 8.48. The second-order valence-corrected chi connectivity index (χ2v) is 9.69. The number of carbonyl (C=O) groups excluding carboxylic acids is 1. The molecule has 3 heteroatoms. The lowest BCUT2D eigenvalue weighted by Gasteiger charge is -2.38. The molecule has 0 bridgehead atoms. The van der Waals surface area contributed by atoms with Crippen molar-refractivity contribution in [3.05, 3.63) is 17.4 Å². The van der Waals surface area contributed by atoms with Crippen LogP contribution in [0.15, 0.2) is 17.4 Å². The maximum absolute atomic E-state index is 12.4. The largest absolute Gasteiger partial charge is 0.435 e. The fraction of sp³-hybridized carbons (Fsp3) is 0.800. The lowest BCUT2D eigenvalue weighted by molar-refractivity contribution is -0.249. The van der Waals surface area contributed by atoms with Gasteiger partial charge in [0.1, 0.15) is 5.92 Å². The number of rotatable bonds is 1. The lowest BCUT2D eigenvalue weighted by atomic mass is 9.72. The van der Waals surface area contributed by atoms with E-state index >= 15 is 0 Å². The Morgan fingerprint density at radius 3 is 1.83 bits per heavy atom. The number of esters is 1. The van der Waals surface area contributed by atoms with Crippen molar-refractivity contribution >= 4 is 5.97 Å². The van der Waals surface area contributed by atoms with Crippen LogP contribution in [0.3, 0.4) is 0 Å². The first-order chi connectivity index (χ1) is 10.1. The average Bonchev–Trinajstić information content (AvgIpc) is 2.27. The summed E-state index contributed by atoms with van der Waals surface area (Å²) in [5.74, 6) is -0.633. The summed E-state index contributed by atoms with van der Waals surface area (Å²) < 4.78 is 11.4. The lowest BCUT2D eigenvalue weighted by Crippen LogP contribution is -2.46. The summed E-state index contributed by atoms with van der Waals surface area (Å²) in [7, 11) is 0. The molecule has 23 heavy (non-hydrogen) atoms. The zero-order valence-corrected chi connectivity index (χ0v) is 16.5. The molecular weight excluding hydrogens is 288 g/mol. The van der Waals surface area contributed by atoms with Gasteiger partial charge < -0.3 is 9.47 Å². The average molecular weight is 322 g/mol. The van der Waals surface area contributed by atoms with E-state index in [1.807, 2.05) is 33.8 Å². The van der Waals surface area contributed by atoms with E-state index in [0.717, 1.165) is 0 Å². The van der Waals surface area contributed by atoms with Gasteiger partial charge in [0.25, 0.3) is 0 Å². The first kappa shape index (κ1) is 20.0. The molecule has 0 spiro atoms. The van der Waals surface area contributed by atoms with Gasteiger partial charge >= 0.3 is 5.97 Å². The molecule has 0 aromatic carbocycles. The van der Waals surface area contributed by atoms with Gasteiger partial charge in [0.05, 0.1) is 6.10 Å². The third-order valence-corrected chi connectivity index (χ3v) is 3.95. The zero-order chi connectivity index (χ0) is 18.2. The van der Waals surface area contributed by atoms with Gasteiger partial charge in [-0.1, -0.05) is 62.3 Å². The van der Waals surface area contributed by atoms with E-state index in [1.165, 1.54) is 5.57 Å². The summed E-state index contributed by atoms with van der Waals surface area (Å²) in [5.41, 5.74) is 4.33. The Kier molecular flexibility index (Phi) is 5.61. The predicted octanol–water partition coefficient (Wildman–Crippen LogP) is 5.11. The summed E-state index contributed by atoms with van der Waals surface area (Å²) in [5, 5.41) is 0. The molecule has 0 radical (unpaired) electrons. The van der Waals surface area contributed by atoms with E-state index in [4.69, 9.17) is 9.47 Å². The molecule has 1 fully saturated rings.